The number of halogens is 1. The number of rotatable bonds is 3. The molecule has 0 saturated heterocycles. The van der Waals surface area contributed by atoms with Gasteiger partial charge in [-0.05, 0) is 24.6 Å². The summed E-state index contributed by atoms with van der Waals surface area (Å²) in [5, 5.41) is 2.49. The fourth-order valence-electron chi connectivity index (χ4n) is 2.07. The standard InChI is InChI=1S/C14H11FN4O/c1-9-11(4-16-5-12(9)15)10-2-3-14-18-13(17-8-20)7-19(14)6-10/h2-8H,1H3,(H,17,20). The second kappa shape index (κ2) is 4.73. The molecule has 3 heterocycles. The molecule has 0 radical (unpaired) electrons. The van der Waals surface area contributed by atoms with Crippen LogP contribution in [0.3, 0.4) is 0 Å². The maximum atomic E-state index is 13.6. The predicted molar refractivity (Wildman–Crippen MR) is 72.8 cm³/mol. The zero-order chi connectivity index (χ0) is 14.1. The number of imidazole rings is 1. The first kappa shape index (κ1) is 12.3. The molecule has 3 rings (SSSR count). The van der Waals surface area contributed by atoms with E-state index in [0.29, 0.717) is 23.4 Å². The first-order chi connectivity index (χ1) is 9.69. The molecule has 1 amide bonds. The minimum Gasteiger partial charge on any atom is -0.312 e. The number of anilines is 1. The number of nitrogens with one attached hydrogen (secondary N) is 1. The smallest absolute Gasteiger partial charge is 0.212 e. The van der Waals surface area contributed by atoms with Crippen LogP contribution >= 0.6 is 0 Å². The van der Waals surface area contributed by atoms with Gasteiger partial charge >= 0.3 is 0 Å². The molecule has 0 aliphatic heterocycles. The molecule has 0 atom stereocenters. The topological polar surface area (TPSA) is 59.3 Å². The molecule has 0 fully saturated rings. The van der Waals surface area contributed by atoms with E-state index in [4.69, 9.17) is 0 Å². The number of fused-ring (bicyclic) bond motifs is 1. The van der Waals surface area contributed by atoms with Crippen LogP contribution in [0.15, 0.2) is 36.9 Å². The molecule has 100 valence electrons. The van der Waals surface area contributed by atoms with Crippen molar-refractivity contribution in [1.29, 1.82) is 0 Å². The van der Waals surface area contributed by atoms with Crippen molar-refractivity contribution in [1.82, 2.24) is 14.4 Å². The van der Waals surface area contributed by atoms with Crippen molar-refractivity contribution < 1.29 is 9.18 Å². The van der Waals surface area contributed by atoms with Crippen LogP contribution in [0.2, 0.25) is 0 Å². The minimum absolute atomic E-state index is 0.337. The molecule has 0 unspecified atom stereocenters. The normalized spacial score (nSPS) is 10.7. The van der Waals surface area contributed by atoms with Gasteiger partial charge < -0.3 is 9.72 Å². The number of hydrogen-bond acceptors (Lipinski definition) is 3. The van der Waals surface area contributed by atoms with Crippen LogP contribution in [0.1, 0.15) is 5.56 Å². The van der Waals surface area contributed by atoms with Crippen LogP contribution in [0.5, 0.6) is 0 Å². The van der Waals surface area contributed by atoms with Gasteiger partial charge in [-0.1, -0.05) is 0 Å². The Bertz CT molecular complexity index is 797. The number of carbonyl (C=O) groups excluding carboxylic acids is 1. The van der Waals surface area contributed by atoms with Crippen LogP contribution < -0.4 is 5.32 Å². The van der Waals surface area contributed by atoms with Gasteiger partial charge in [0.05, 0.1) is 12.4 Å². The van der Waals surface area contributed by atoms with Gasteiger partial charge in [0.25, 0.3) is 0 Å². The lowest BCUT2D eigenvalue weighted by molar-refractivity contribution is -0.105. The van der Waals surface area contributed by atoms with E-state index in [9.17, 15) is 9.18 Å². The van der Waals surface area contributed by atoms with Gasteiger partial charge in [-0.2, -0.15) is 0 Å². The number of amides is 1. The van der Waals surface area contributed by atoms with Crippen molar-refractivity contribution in [3.63, 3.8) is 0 Å². The highest BCUT2D eigenvalue weighted by Crippen LogP contribution is 2.24. The largest absolute Gasteiger partial charge is 0.312 e. The summed E-state index contributed by atoms with van der Waals surface area (Å²) in [6, 6.07) is 3.64. The fraction of sp³-hybridized carbons (Fsp3) is 0.0714. The molecule has 6 heteroatoms. The van der Waals surface area contributed by atoms with Crippen molar-refractivity contribution in [3.8, 4) is 11.1 Å². The zero-order valence-corrected chi connectivity index (χ0v) is 10.7. The number of pyridine rings is 2. The molecule has 0 bridgehead atoms. The number of aromatic nitrogens is 3. The number of hydrogen-bond donors (Lipinski definition) is 1. The van der Waals surface area contributed by atoms with Crippen molar-refractivity contribution in [2.75, 3.05) is 5.32 Å². The van der Waals surface area contributed by atoms with Crippen molar-refractivity contribution in [3.05, 3.63) is 48.3 Å². The summed E-state index contributed by atoms with van der Waals surface area (Å²) in [7, 11) is 0. The quantitative estimate of drug-likeness (QED) is 0.743. The molecular formula is C14H11FN4O. The van der Waals surface area contributed by atoms with Crippen LogP contribution in [0.25, 0.3) is 16.8 Å². The van der Waals surface area contributed by atoms with Crippen LogP contribution in [0.4, 0.5) is 10.2 Å². The SMILES string of the molecule is Cc1c(F)cncc1-c1ccc2nc(NC=O)cn2c1. The summed E-state index contributed by atoms with van der Waals surface area (Å²) < 4.78 is 15.3. The Morgan fingerprint density at radius 1 is 1.30 bits per heavy atom. The fourth-order valence-corrected chi connectivity index (χ4v) is 2.07. The van der Waals surface area contributed by atoms with Gasteiger partial charge in [0.2, 0.25) is 6.41 Å². The first-order valence-corrected chi connectivity index (χ1v) is 5.98. The molecule has 0 aromatic carbocycles. The van der Waals surface area contributed by atoms with Gasteiger partial charge in [0, 0.05) is 23.5 Å². The summed E-state index contributed by atoms with van der Waals surface area (Å²) in [5.74, 6) is 0.128. The molecule has 5 nitrogen and oxygen atoms in total. The van der Waals surface area contributed by atoms with Gasteiger partial charge in [-0.3, -0.25) is 9.78 Å². The second-order valence-electron chi connectivity index (χ2n) is 4.37. The monoisotopic (exact) mass is 270 g/mol. The third kappa shape index (κ3) is 2.01. The van der Waals surface area contributed by atoms with Crippen LogP contribution in [-0.4, -0.2) is 20.8 Å². The Morgan fingerprint density at radius 3 is 2.95 bits per heavy atom. The molecule has 0 aliphatic rings. The highest BCUT2D eigenvalue weighted by atomic mass is 19.1. The van der Waals surface area contributed by atoms with Crippen LogP contribution in [0, 0.1) is 12.7 Å². The lowest BCUT2D eigenvalue weighted by Gasteiger charge is -2.06. The maximum absolute atomic E-state index is 13.6. The third-order valence-electron chi connectivity index (χ3n) is 3.12. The van der Waals surface area contributed by atoms with E-state index in [1.165, 1.54) is 6.20 Å². The Kier molecular flexibility index (Phi) is 2.90. The Hall–Kier alpha value is -2.76. The maximum Gasteiger partial charge on any atom is 0.212 e. The molecule has 0 spiro atoms. The molecule has 0 saturated carbocycles. The van der Waals surface area contributed by atoms with E-state index in [0.717, 1.165) is 11.1 Å². The van der Waals surface area contributed by atoms with E-state index in [-0.39, 0.29) is 5.82 Å². The summed E-state index contributed by atoms with van der Waals surface area (Å²) >= 11 is 0. The highest BCUT2D eigenvalue weighted by molar-refractivity contribution is 5.71. The Labute approximate surface area is 114 Å². The average Bonchev–Trinajstić information content (AvgIpc) is 2.83. The van der Waals surface area contributed by atoms with E-state index >= 15 is 0 Å². The lowest BCUT2D eigenvalue weighted by Crippen LogP contribution is -1.92. The van der Waals surface area contributed by atoms with Crippen molar-refractivity contribution in [2.45, 2.75) is 6.92 Å². The lowest BCUT2D eigenvalue weighted by atomic mass is 10.0. The van der Waals surface area contributed by atoms with E-state index < -0.39 is 0 Å². The number of nitrogens with zero attached hydrogens (tertiary/aromatic N) is 3. The van der Waals surface area contributed by atoms with E-state index in [2.05, 4.69) is 15.3 Å². The predicted octanol–water partition coefficient (Wildman–Crippen LogP) is 2.41. The van der Waals surface area contributed by atoms with Gasteiger partial charge in [0.1, 0.15) is 11.5 Å². The van der Waals surface area contributed by atoms with E-state index in [1.54, 1.807) is 29.8 Å². The van der Waals surface area contributed by atoms with Crippen molar-refractivity contribution >= 4 is 17.9 Å². The van der Waals surface area contributed by atoms with Crippen LogP contribution in [-0.2, 0) is 4.79 Å². The number of carbonyl (C=O) groups is 1. The van der Waals surface area contributed by atoms with Crippen molar-refractivity contribution in [2.24, 2.45) is 0 Å². The Morgan fingerprint density at radius 2 is 2.15 bits per heavy atom. The Balaban J connectivity index is 2.12. The molecule has 3 aromatic heterocycles. The van der Waals surface area contributed by atoms with Gasteiger partial charge in [-0.25, -0.2) is 9.37 Å². The molecular weight excluding hydrogens is 259 g/mol. The summed E-state index contributed by atoms with van der Waals surface area (Å²) in [6.07, 6.45) is 6.90. The van der Waals surface area contributed by atoms with Gasteiger partial charge in [-0.15, -0.1) is 0 Å². The third-order valence-corrected chi connectivity index (χ3v) is 3.12. The minimum atomic E-state index is -0.337. The molecule has 20 heavy (non-hydrogen) atoms. The summed E-state index contributed by atoms with van der Waals surface area (Å²) in [4.78, 5) is 18.5. The van der Waals surface area contributed by atoms with E-state index in [1.807, 2.05) is 12.3 Å². The second-order valence-corrected chi connectivity index (χ2v) is 4.37. The summed E-state index contributed by atoms with van der Waals surface area (Å²) in [5.41, 5.74) is 2.80. The summed E-state index contributed by atoms with van der Waals surface area (Å²) in [6.45, 7) is 1.71. The average molecular weight is 270 g/mol. The molecule has 3 aromatic rings. The molecule has 0 aliphatic carbocycles. The first-order valence-electron chi connectivity index (χ1n) is 5.98. The molecule has 1 N–H and O–H groups in total. The highest BCUT2D eigenvalue weighted by Gasteiger charge is 2.08. The zero-order valence-electron chi connectivity index (χ0n) is 10.7. The van der Waals surface area contributed by atoms with Gasteiger partial charge in [0.15, 0.2) is 5.82 Å².